The Labute approximate surface area is 128 Å². The molecule has 1 aromatic carbocycles. The van der Waals surface area contributed by atoms with Gasteiger partial charge < -0.3 is 10.5 Å². The Morgan fingerprint density at radius 2 is 2.25 bits per heavy atom. The summed E-state index contributed by atoms with van der Waals surface area (Å²) in [7, 11) is 0. The lowest BCUT2D eigenvalue weighted by Crippen LogP contribution is -2.19. The Morgan fingerprint density at radius 1 is 1.45 bits per heavy atom. The highest BCUT2D eigenvalue weighted by Gasteiger charge is 2.25. The molecule has 2 heterocycles. The minimum atomic E-state index is -0.00245. The Bertz CT molecular complexity index is 610. The van der Waals surface area contributed by atoms with Crippen LogP contribution in [0, 0.1) is 6.92 Å². The number of nitrogens with two attached hydrogens (primary N) is 1. The molecule has 0 amide bonds. The summed E-state index contributed by atoms with van der Waals surface area (Å²) in [6.45, 7) is 2.80. The summed E-state index contributed by atoms with van der Waals surface area (Å²) in [5, 5.41) is 2.91. The molecule has 20 heavy (non-hydrogen) atoms. The van der Waals surface area contributed by atoms with E-state index in [1.54, 1.807) is 11.3 Å². The molecule has 1 aliphatic heterocycles. The molecule has 2 nitrogen and oxygen atoms in total. The monoisotopic (exact) mass is 307 g/mol. The summed E-state index contributed by atoms with van der Waals surface area (Å²) < 4.78 is 5.70. The molecule has 106 valence electrons. The fraction of sp³-hybridized carbons (Fsp3) is 0.375. The second-order valence-corrected chi connectivity index (χ2v) is 6.60. The van der Waals surface area contributed by atoms with E-state index >= 15 is 0 Å². The van der Waals surface area contributed by atoms with E-state index in [-0.39, 0.29) is 6.04 Å². The van der Waals surface area contributed by atoms with Crippen molar-refractivity contribution in [2.75, 3.05) is 6.61 Å². The van der Waals surface area contributed by atoms with E-state index in [0.717, 1.165) is 40.7 Å². The molecule has 0 aliphatic carbocycles. The van der Waals surface area contributed by atoms with Crippen LogP contribution in [-0.2, 0) is 0 Å². The lowest BCUT2D eigenvalue weighted by molar-refractivity contribution is 0.259. The van der Waals surface area contributed by atoms with Gasteiger partial charge in [0.2, 0.25) is 0 Å². The second-order valence-electron chi connectivity index (χ2n) is 5.31. The van der Waals surface area contributed by atoms with E-state index in [1.807, 2.05) is 19.1 Å². The number of hydrogen-bond acceptors (Lipinski definition) is 3. The van der Waals surface area contributed by atoms with E-state index in [2.05, 4.69) is 17.5 Å². The lowest BCUT2D eigenvalue weighted by atomic mass is 9.87. The predicted molar refractivity (Wildman–Crippen MR) is 84.9 cm³/mol. The number of fused-ring (bicyclic) bond motifs is 1. The van der Waals surface area contributed by atoms with Gasteiger partial charge in [-0.15, -0.1) is 11.3 Å². The molecule has 0 spiro atoms. The standard InChI is InChI=1S/C16H18ClNOS/c1-10-9-20-16(15(10)17)13(18)8-11-6-7-19-14-5-3-2-4-12(11)14/h2-5,9,11,13H,6-8,18H2,1H3. The molecule has 0 fully saturated rings. The van der Waals surface area contributed by atoms with E-state index in [4.69, 9.17) is 22.1 Å². The van der Waals surface area contributed by atoms with Gasteiger partial charge >= 0.3 is 0 Å². The average Bonchev–Trinajstić information content (AvgIpc) is 2.79. The van der Waals surface area contributed by atoms with Gasteiger partial charge in [-0.2, -0.15) is 0 Å². The minimum absolute atomic E-state index is 0.00245. The second kappa shape index (κ2) is 5.76. The van der Waals surface area contributed by atoms with Crippen LogP contribution in [0.2, 0.25) is 5.02 Å². The summed E-state index contributed by atoms with van der Waals surface area (Å²) >= 11 is 7.99. The van der Waals surface area contributed by atoms with Gasteiger partial charge in [0.1, 0.15) is 5.75 Å². The van der Waals surface area contributed by atoms with Crippen LogP contribution < -0.4 is 10.5 Å². The first-order valence-electron chi connectivity index (χ1n) is 6.87. The predicted octanol–water partition coefficient (Wildman–Crippen LogP) is 4.67. The summed E-state index contributed by atoms with van der Waals surface area (Å²) in [5.41, 5.74) is 8.78. The van der Waals surface area contributed by atoms with Gasteiger partial charge in [-0.3, -0.25) is 0 Å². The van der Waals surface area contributed by atoms with Gasteiger partial charge in [0, 0.05) is 10.9 Å². The van der Waals surface area contributed by atoms with Crippen molar-refractivity contribution in [3.05, 3.63) is 50.7 Å². The van der Waals surface area contributed by atoms with Crippen LogP contribution in [0.1, 0.15) is 40.8 Å². The minimum Gasteiger partial charge on any atom is -0.493 e. The van der Waals surface area contributed by atoms with Crippen LogP contribution in [0.25, 0.3) is 0 Å². The van der Waals surface area contributed by atoms with Crippen LogP contribution >= 0.6 is 22.9 Å². The van der Waals surface area contributed by atoms with Crippen molar-refractivity contribution in [2.45, 2.75) is 31.7 Å². The van der Waals surface area contributed by atoms with Crippen LogP contribution in [0.4, 0.5) is 0 Å². The number of hydrogen-bond donors (Lipinski definition) is 1. The van der Waals surface area contributed by atoms with Crippen molar-refractivity contribution in [3.63, 3.8) is 0 Å². The van der Waals surface area contributed by atoms with Gasteiger partial charge in [0.15, 0.2) is 0 Å². The van der Waals surface area contributed by atoms with Crippen LogP contribution in [0.15, 0.2) is 29.6 Å². The normalized spacial score (nSPS) is 19.2. The number of thiophene rings is 1. The third-order valence-electron chi connectivity index (χ3n) is 3.88. The van der Waals surface area contributed by atoms with Crippen molar-refractivity contribution in [1.82, 2.24) is 0 Å². The number of benzene rings is 1. The van der Waals surface area contributed by atoms with E-state index < -0.39 is 0 Å². The maximum absolute atomic E-state index is 6.38. The fourth-order valence-corrected chi connectivity index (χ4v) is 4.12. The summed E-state index contributed by atoms with van der Waals surface area (Å²) in [6, 6.07) is 8.26. The van der Waals surface area contributed by atoms with Crippen LogP contribution in [0.3, 0.4) is 0 Å². The molecule has 2 N–H and O–H groups in total. The number of rotatable bonds is 3. The lowest BCUT2D eigenvalue weighted by Gasteiger charge is -2.27. The third kappa shape index (κ3) is 2.58. The summed E-state index contributed by atoms with van der Waals surface area (Å²) in [4.78, 5) is 1.10. The van der Waals surface area contributed by atoms with Crippen molar-refractivity contribution in [3.8, 4) is 5.75 Å². The highest BCUT2D eigenvalue weighted by molar-refractivity contribution is 7.10. The molecule has 1 aliphatic rings. The summed E-state index contributed by atoms with van der Waals surface area (Å²) in [6.07, 6.45) is 1.94. The maximum Gasteiger partial charge on any atom is 0.122 e. The molecule has 0 saturated carbocycles. The SMILES string of the molecule is Cc1csc(C(N)CC2CCOc3ccccc32)c1Cl. The number of ether oxygens (including phenoxy) is 1. The van der Waals surface area contributed by atoms with Gasteiger partial charge in [0.05, 0.1) is 11.6 Å². The van der Waals surface area contributed by atoms with E-state index in [9.17, 15) is 0 Å². The molecule has 2 unspecified atom stereocenters. The van der Waals surface area contributed by atoms with Crippen LogP contribution in [0.5, 0.6) is 5.75 Å². The van der Waals surface area contributed by atoms with E-state index in [0.29, 0.717) is 5.92 Å². The maximum atomic E-state index is 6.38. The number of para-hydroxylation sites is 1. The molecule has 2 aromatic rings. The molecular formula is C16H18ClNOS. The van der Waals surface area contributed by atoms with E-state index in [1.165, 1.54) is 5.56 Å². The van der Waals surface area contributed by atoms with Crippen molar-refractivity contribution < 1.29 is 4.74 Å². The largest absolute Gasteiger partial charge is 0.493 e. The van der Waals surface area contributed by atoms with Crippen molar-refractivity contribution in [1.29, 1.82) is 0 Å². The number of halogens is 1. The Morgan fingerprint density at radius 3 is 3.00 bits per heavy atom. The molecule has 1 aromatic heterocycles. The topological polar surface area (TPSA) is 35.2 Å². The molecule has 3 rings (SSSR count). The molecule has 0 saturated heterocycles. The van der Waals surface area contributed by atoms with Gasteiger partial charge in [-0.25, -0.2) is 0 Å². The average molecular weight is 308 g/mol. The van der Waals surface area contributed by atoms with Gasteiger partial charge in [-0.05, 0) is 48.3 Å². The van der Waals surface area contributed by atoms with Gasteiger partial charge in [-0.1, -0.05) is 29.8 Å². The summed E-state index contributed by atoms with van der Waals surface area (Å²) in [5.74, 6) is 1.46. The smallest absolute Gasteiger partial charge is 0.122 e. The zero-order valence-corrected chi connectivity index (χ0v) is 13.0. The Balaban J connectivity index is 1.80. The zero-order chi connectivity index (χ0) is 14.1. The highest BCUT2D eigenvalue weighted by Crippen LogP contribution is 2.41. The number of aryl methyl sites for hydroxylation is 1. The van der Waals surface area contributed by atoms with Gasteiger partial charge in [0.25, 0.3) is 0 Å². The first-order chi connectivity index (χ1) is 9.66. The quantitative estimate of drug-likeness (QED) is 0.894. The molecular weight excluding hydrogens is 290 g/mol. The fourth-order valence-electron chi connectivity index (χ4n) is 2.77. The van der Waals surface area contributed by atoms with Crippen LogP contribution in [-0.4, -0.2) is 6.61 Å². The molecule has 4 heteroatoms. The first kappa shape index (κ1) is 13.9. The highest BCUT2D eigenvalue weighted by atomic mass is 35.5. The molecule has 0 bridgehead atoms. The Hall–Kier alpha value is -1.03. The van der Waals surface area contributed by atoms with Crippen molar-refractivity contribution >= 4 is 22.9 Å². The Kier molecular flexibility index (Phi) is 4.01. The zero-order valence-electron chi connectivity index (χ0n) is 11.4. The first-order valence-corrected chi connectivity index (χ1v) is 8.13. The van der Waals surface area contributed by atoms with Crippen molar-refractivity contribution in [2.24, 2.45) is 5.73 Å². The molecule has 0 radical (unpaired) electrons. The third-order valence-corrected chi connectivity index (χ3v) is 5.73. The molecule has 2 atom stereocenters.